The Balaban J connectivity index is 1.42. The molecule has 2 aliphatic carbocycles. The van der Waals surface area contributed by atoms with Gasteiger partial charge in [-0.05, 0) is 70.2 Å². The van der Waals surface area contributed by atoms with Gasteiger partial charge in [0.15, 0.2) is 0 Å². The molecule has 2 atom stereocenters. The molecule has 1 aliphatic heterocycles. The van der Waals surface area contributed by atoms with Gasteiger partial charge in [-0.1, -0.05) is 0 Å². The van der Waals surface area contributed by atoms with E-state index in [1.54, 1.807) is 6.20 Å². The van der Waals surface area contributed by atoms with Crippen molar-refractivity contribution in [3.8, 4) is 0 Å². The van der Waals surface area contributed by atoms with Crippen molar-refractivity contribution in [2.45, 2.75) is 70.1 Å². The van der Waals surface area contributed by atoms with Gasteiger partial charge in [0, 0.05) is 35.5 Å². The highest BCUT2D eigenvalue weighted by Gasteiger charge is 2.94. The van der Waals surface area contributed by atoms with Gasteiger partial charge < -0.3 is 4.74 Å². The molecule has 1 saturated heterocycles. The van der Waals surface area contributed by atoms with Crippen molar-refractivity contribution < 1.29 is 17.9 Å². The molecule has 0 amide bonds. The largest absolute Gasteiger partial charge is 0.395 e. The normalized spacial score (nSPS) is 30.8. The van der Waals surface area contributed by atoms with Gasteiger partial charge in [0.2, 0.25) is 0 Å². The van der Waals surface area contributed by atoms with Crippen LogP contribution >= 0.6 is 0 Å². The Labute approximate surface area is 189 Å². The van der Waals surface area contributed by atoms with Crippen molar-refractivity contribution in [2.24, 2.45) is 5.41 Å². The Hall–Kier alpha value is -2.61. The molecule has 0 aromatic carbocycles. The SMILES string of the molecule is Cc1cc(C2CC(c3cc4nc(C)c(C)nc4c(C45CC4(C(F)(F)F)C5)n3)CCO2)ccn1. The molecule has 33 heavy (non-hydrogen) atoms. The first-order chi connectivity index (χ1) is 15.6. The first kappa shape index (κ1) is 21.0. The summed E-state index contributed by atoms with van der Waals surface area (Å²) < 4.78 is 47.4. The van der Waals surface area contributed by atoms with Crippen molar-refractivity contribution in [3.63, 3.8) is 0 Å². The number of halogens is 3. The first-order valence-corrected chi connectivity index (χ1v) is 11.4. The van der Waals surface area contributed by atoms with Crippen LogP contribution in [0.4, 0.5) is 13.2 Å². The van der Waals surface area contributed by atoms with Crippen LogP contribution in [0.1, 0.15) is 71.7 Å². The molecule has 3 aliphatic rings. The average molecular weight is 454 g/mol. The fourth-order valence-corrected chi connectivity index (χ4v) is 5.61. The number of nitrogens with zero attached hydrogens (tertiary/aromatic N) is 4. The van der Waals surface area contributed by atoms with Crippen LogP contribution in [0.15, 0.2) is 24.4 Å². The second kappa shape index (κ2) is 6.72. The summed E-state index contributed by atoms with van der Waals surface area (Å²) in [5.41, 5.74) is 3.43. The molecule has 0 radical (unpaired) electrons. The van der Waals surface area contributed by atoms with Gasteiger partial charge in [-0.3, -0.25) is 9.97 Å². The summed E-state index contributed by atoms with van der Waals surface area (Å²) in [6, 6.07) is 5.91. The minimum Gasteiger partial charge on any atom is -0.373 e. The second-order valence-corrected chi connectivity index (χ2v) is 9.98. The Kier molecular flexibility index (Phi) is 4.27. The highest BCUT2D eigenvalue weighted by atomic mass is 19.4. The third-order valence-electron chi connectivity index (χ3n) is 7.95. The van der Waals surface area contributed by atoms with E-state index in [2.05, 4.69) is 9.97 Å². The molecule has 3 fully saturated rings. The van der Waals surface area contributed by atoms with E-state index in [1.807, 2.05) is 39.0 Å². The van der Waals surface area contributed by atoms with Gasteiger partial charge in [0.25, 0.3) is 0 Å². The van der Waals surface area contributed by atoms with E-state index in [9.17, 15) is 13.2 Å². The van der Waals surface area contributed by atoms with Crippen LogP contribution in [0.3, 0.4) is 0 Å². The summed E-state index contributed by atoms with van der Waals surface area (Å²) in [6.45, 7) is 6.24. The van der Waals surface area contributed by atoms with E-state index in [-0.39, 0.29) is 24.9 Å². The van der Waals surface area contributed by atoms with E-state index >= 15 is 0 Å². The average Bonchev–Trinajstić information content (AvgIpc) is 3.62. The molecule has 6 rings (SSSR count). The van der Waals surface area contributed by atoms with E-state index < -0.39 is 17.0 Å². The number of aryl methyl sites for hydroxylation is 3. The quantitative estimate of drug-likeness (QED) is 0.518. The highest BCUT2D eigenvalue weighted by Crippen LogP contribution is 2.90. The summed E-state index contributed by atoms with van der Waals surface area (Å²) in [6.07, 6.45) is -0.821. The van der Waals surface area contributed by atoms with E-state index in [1.165, 1.54) is 0 Å². The smallest absolute Gasteiger partial charge is 0.373 e. The van der Waals surface area contributed by atoms with Crippen LogP contribution in [-0.2, 0) is 10.2 Å². The zero-order valence-corrected chi connectivity index (χ0v) is 18.8. The molecule has 8 heteroatoms. The summed E-state index contributed by atoms with van der Waals surface area (Å²) in [5.74, 6) is 0.0815. The number of hydrogen-bond donors (Lipinski definition) is 0. The maximum absolute atomic E-state index is 13.8. The first-order valence-electron chi connectivity index (χ1n) is 11.4. The van der Waals surface area contributed by atoms with Gasteiger partial charge in [0.05, 0.1) is 34.1 Å². The lowest BCUT2D eigenvalue weighted by Gasteiger charge is -2.30. The van der Waals surface area contributed by atoms with Gasteiger partial charge in [0.1, 0.15) is 5.52 Å². The zero-order valence-electron chi connectivity index (χ0n) is 18.8. The molecular formula is C25H25F3N4O. The van der Waals surface area contributed by atoms with Crippen LogP contribution < -0.4 is 0 Å². The second-order valence-electron chi connectivity index (χ2n) is 9.98. The number of ether oxygens (including phenoxy) is 1. The number of aromatic nitrogens is 4. The minimum atomic E-state index is -4.22. The lowest BCUT2D eigenvalue weighted by molar-refractivity contribution is -0.167. The zero-order chi connectivity index (χ0) is 23.2. The monoisotopic (exact) mass is 454 g/mol. The highest BCUT2D eigenvalue weighted by molar-refractivity contribution is 5.81. The van der Waals surface area contributed by atoms with Crippen molar-refractivity contribution in [2.75, 3.05) is 6.61 Å². The minimum absolute atomic E-state index is 0.0815. The maximum atomic E-state index is 13.8. The Morgan fingerprint density at radius 3 is 2.48 bits per heavy atom. The number of pyridine rings is 2. The molecule has 0 bridgehead atoms. The number of rotatable bonds is 3. The van der Waals surface area contributed by atoms with Gasteiger partial charge >= 0.3 is 6.18 Å². The number of hydrogen-bond acceptors (Lipinski definition) is 5. The Morgan fingerprint density at radius 2 is 1.79 bits per heavy atom. The molecule has 172 valence electrons. The molecular weight excluding hydrogens is 429 g/mol. The van der Waals surface area contributed by atoms with Crippen LogP contribution in [-0.4, -0.2) is 32.7 Å². The standard InChI is InChI=1S/C25H25F3N4O/c1-13-8-17(4-6-29-13)20-9-16(5-7-33-20)18-10-19-21(31-15(3)14(2)30-19)22(32-18)23-11-24(23,12-23)25(26,27)28/h4,6,8,10,16,20H,5,7,9,11-12H2,1-3H3. The van der Waals surface area contributed by atoms with Crippen LogP contribution in [0.5, 0.6) is 0 Å². The fourth-order valence-electron chi connectivity index (χ4n) is 5.61. The fraction of sp³-hybridized carbons (Fsp3) is 0.520. The molecule has 0 N–H and O–H groups in total. The molecule has 3 aromatic heterocycles. The molecule has 5 nitrogen and oxygen atoms in total. The summed E-state index contributed by atoms with van der Waals surface area (Å²) in [5, 5.41) is 0. The summed E-state index contributed by atoms with van der Waals surface area (Å²) >= 11 is 0. The number of alkyl halides is 3. The van der Waals surface area contributed by atoms with Crippen molar-refractivity contribution in [1.82, 2.24) is 19.9 Å². The van der Waals surface area contributed by atoms with Gasteiger partial charge in [-0.15, -0.1) is 0 Å². The van der Waals surface area contributed by atoms with Crippen LogP contribution in [0.25, 0.3) is 11.0 Å². The van der Waals surface area contributed by atoms with E-state index in [0.717, 1.165) is 41.2 Å². The van der Waals surface area contributed by atoms with Crippen LogP contribution in [0.2, 0.25) is 0 Å². The molecule has 3 aromatic rings. The summed E-state index contributed by atoms with van der Waals surface area (Å²) in [4.78, 5) is 18.5. The van der Waals surface area contributed by atoms with Crippen molar-refractivity contribution >= 4 is 11.0 Å². The number of fused-ring (bicyclic) bond motifs is 2. The molecule has 4 heterocycles. The lowest BCUT2D eigenvalue weighted by atomic mass is 9.88. The van der Waals surface area contributed by atoms with Crippen molar-refractivity contribution in [1.29, 1.82) is 0 Å². The molecule has 2 unspecified atom stereocenters. The van der Waals surface area contributed by atoms with Gasteiger partial charge in [-0.25, -0.2) is 9.97 Å². The Morgan fingerprint density at radius 1 is 1.03 bits per heavy atom. The predicted molar refractivity (Wildman–Crippen MR) is 116 cm³/mol. The third-order valence-corrected chi connectivity index (χ3v) is 7.95. The van der Waals surface area contributed by atoms with E-state index in [0.29, 0.717) is 23.3 Å². The topological polar surface area (TPSA) is 60.8 Å². The molecule has 0 spiro atoms. The third kappa shape index (κ3) is 3.02. The van der Waals surface area contributed by atoms with Crippen LogP contribution in [0, 0.1) is 26.2 Å². The lowest BCUT2D eigenvalue weighted by Crippen LogP contribution is -2.20. The predicted octanol–water partition coefficient (Wildman–Crippen LogP) is 5.57. The Bertz CT molecular complexity index is 1280. The maximum Gasteiger partial charge on any atom is 0.395 e. The molecule has 2 saturated carbocycles. The van der Waals surface area contributed by atoms with Gasteiger partial charge in [-0.2, -0.15) is 13.2 Å². The van der Waals surface area contributed by atoms with E-state index in [4.69, 9.17) is 14.7 Å². The summed E-state index contributed by atoms with van der Waals surface area (Å²) in [7, 11) is 0. The van der Waals surface area contributed by atoms with Crippen molar-refractivity contribution in [3.05, 3.63) is 58.4 Å².